The largest absolute Gasteiger partial charge is 0.492 e. The number of benzene rings is 4. The third kappa shape index (κ3) is 7.07. The summed E-state index contributed by atoms with van der Waals surface area (Å²) in [5.74, 6) is 2.70. The van der Waals surface area contributed by atoms with Gasteiger partial charge < -0.3 is 34.6 Å². The first-order valence-corrected chi connectivity index (χ1v) is 15.7. The molecule has 0 fully saturated rings. The van der Waals surface area contributed by atoms with Crippen LogP contribution < -0.4 is 26.1 Å². The van der Waals surface area contributed by atoms with Gasteiger partial charge >= 0.3 is 14.2 Å². The lowest BCUT2D eigenvalue weighted by Gasteiger charge is -2.18. The molecule has 6 rings (SSSR count). The molecule has 0 radical (unpaired) electrons. The highest BCUT2D eigenvalue weighted by Gasteiger charge is 2.34. The lowest BCUT2D eigenvalue weighted by atomic mass is 9.73. The summed E-state index contributed by atoms with van der Waals surface area (Å²) >= 11 is 12.5. The van der Waals surface area contributed by atoms with Crippen molar-refractivity contribution < 1.29 is 28.8 Å². The highest BCUT2D eigenvalue weighted by molar-refractivity contribution is 6.62. The molecule has 236 valence electrons. The normalized spacial score (nSPS) is 13.3. The number of fused-ring (bicyclic) bond motifs is 2. The number of nitrogens with zero attached hydrogens (tertiary/aromatic N) is 1. The Morgan fingerprint density at radius 3 is 1.63 bits per heavy atom. The second kappa shape index (κ2) is 14.5. The predicted molar refractivity (Wildman–Crippen MR) is 183 cm³/mol. The van der Waals surface area contributed by atoms with Gasteiger partial charge in [-0.2, -0.15) is 0 Å². The van der Waals surface area contributed by atoms with Gasteiger partial charge in [0.1, 0.15) is 23.0 Å². The summed E-state index contributed by atoms with van der Waals surface area (Å²) < 4.78 is 22.7. The van der Waals surface area contributed by atoms with Crippen molar-refractivity contribution in [2.45, 2.75) is 59.3 Å². The third-order valence-electron chi connectivity index (χ3n) is 7.83. The molecule has 4 N–H and O–H groups in total. The smallest absolute Gasteiger partial charge is 0.456 e. The van der Waals surface area contributed by atoms with Gasteiger partial charge in [0.15, 0.2) is 5.69 Å². The average Bonchev–Trinajstić information content (AvgIpc) is 3.60. The number of ether oxygens (including phenoxy) is 2. The van der Waals surface area contributed by atoms with Crippen LogP contribution in [0.1, 0.15) is 67.3 Å². The van der Waals surface area contributed by atoms with Gasteiger partial charge in [-0.15, -0.1) is 0 Å². The first-order valence-electron chi connectivity index (χ1n) is 14.9. The van der Waals surface area contributed by atoms with Crippen LogP contribution >= 0.6 is 23.2 Å². The number of halogens is 2. The highest BCUT2D eigenvalue weighted by Crippen LogP contribution is 2.38. The minimum absolute atomic E-state index is 0.151. The Bertz CT molecular complexity index is 1800. The van der Waals surface area contributed by atoms with E-state index in [1.165, 1.54) is 0 Å². The predicted octanol–water partition coefficient (Wildman–Crippen LogP) is 6.96. The Hall–Kier alpha value is -3.52. The SMILES string of the molecule is CC(C)c1c(Oc2ccc(CN)cc2Cl)ccc2c1B(O)OC2.[C-]#[N+]c1ccc(Oc2ccc3c(c2C(C)C)B(O)OC3)c(Cl)c1. The van der Waals surface area contributed by atoms with Crippen molar-refractivity contribution in [2.24, 2.45) is 5.73 Å². The molecule has 0 aromatic heterocycles. The van der Waals surface area contributed by atoms with Crippen LogP contribution in [-0.4, -0.2) is 24.3 Å². The third-order valence-corrected chi connectivity index (χ3v) is 8.42. The Labute approximate surface area is 280 Å². The van der Waals surface area contributed by atoms with E-state index in [2.05, 4.69) is 18.7 Å². The number of rotatable bonds is 7. The van der Waals surface area contributed by atoms with E-state index in [0.29, 0.717) is 58.5 Å². The Kier molecular flexibility index (Phi) is 10.7. The zero-order valence-corrected chi connectivity index (χ0v) is 27.5. The summed E-state index contributed by atoms with van der Waals surface area (Å²) in [6, 6.07) is 18.0. The number of hydrogen-bond donors (Lipinski definition) is 3. The van der Waals surface area contributed by atoms with Gasteiger partial charge in [0.25, 0.3) is 0 Å². The van der Waals surface area contributed by atoms with Gasteiger partial charge in [0, 0.05) is 6.54 Å². The Morgan fingerprint density at radius 1 is 0.761 bits per heavy atom. The molecule has 0 atom stereocenters. The van der Waals surface area contributed by atoms with Crippen molar-refractivity contribution in [3.63, 3.8) is 0 Å². The summed E-state index contributed by atoms with van der Waals surface area (Å²) in [5.41, 5.74) is 12.5. The monoisotopic (exact) mass is 658 g/mol. The average molecular weight is 659 g/mol. The molecular formula is C34H34B2Cl2N2O6. The number of hydrogen-bond acceptors (Lipinski definition) is 7. The minimum atomic E-state index is -0.925. The van der Waals surface area contributed by atoms with Crippen LogP contribution in [0.3, 0.4) is 0 Å². The van der Waals surface area contributed by atoms with E-state index < -0.39 is 14.2 Å². The molecule has 12 heteroatoms. The van der Waals surface area contributed by atoms with Crippen LogP contribution in [0, 0.1) is 6.57 Å². The quantitative estimate of drug-likeness (QED) is 0.146. The molecular weight excluding hydrogens is 625 g/mol. The highest BCUT2D eigenvalue weighted by atomic mass is 35.5. The summed E-state index contributed by atoms with van der Waals surface area (Å²) in [4.78, 5) is 3.34. The molecule has 2 aliphatic rings. The molecule has 0 saturated heterocycles. The van der Waals surface area contributed by atoms with Gasteiger partial charge in [-0.05, 0) is 87.0 Å². The van der Waals surface area contributed by atoms with Crippen LogP contribution in [-0.2, 0) is 29.1 Å². The van der Waals surface area contributed by atoms with Gasteiger partial charge in [0.2, 0.25) is 0 Å². The van der Waals surface area contributed by atoms with E-state index in [-0.39, 0.29) is 11.8 Å². The van der Waals surface area contributed by atoms with E-state index in [1.807, 2.05) is 50.2 Å². The maximum atomic E-state index is 10.1. The molecule has 0 saturated carbocycles. The molecule has 4 aromatic carbocycles. The molecule has 0 unspecified atom stereocenters. The van der Waals surface area contributed by atoms with Crippen LogP contribution in [0.2, 0.25) is 10.0 Å². The summed E-state index contributed by atoms with van der Waals surface area (Å²) in [5, 5.41) is 21.1. The van der Waals surface area contributed by atoms with E-state index in [0.717, 1.165) is 38.7 Å². The molecule has 8 nitrogen and oxygen atoms in total. The van der Waals surface area contributed by atoms with E-state index in [9.17, 15) is 10.0 Å². The molecule has 4 aromatic rings. The van der Waals surface area contributed by atoms with Crippen LogP contribution in [0.4, 0.5) is 5.69 Å². The lowest BCUT2D eigenvalue weighted by molar-refractivity contribution is 0.275. The first kappa shape index (κ1) is 33.8. The Balaban J connectivity index is 0.000000181. The van der Waals surface area contributed by atoms with E-state index >= 15 is 0 Å². The number of nitrogens with two attached hydrogens (primary N) is 1. The fraction of sp³-hybridized carbons (Fsp3) is 0.265. The summed E-state index contributed by atoms with van der Waals surface area (Å²) in [6.07, 6.45) is 0. The van der Waals surface area contributed by atoms with Gasteiger partial charge in [-0.1, -0.05) is 75.2 Å². The standard InChI is InChI=1S/C17H15BClNO3.C17H19BClNO3/c1-10(2)16-15(6-4-11-9-22-18(21)17(11)16)23-14-7-5-12(20-3)8-13(14)19;1-10(2)16-15(6-4-12-9-22-18(21)17(12)16)23-14-5-3-11(8-20)7-13(14)19/h4-8,10,21H,9H2,1-2H3;3-7,10,21H,8-9,20H2,1-2H3. The zero-order chi connectivity index (χ0) is 33.1. The van der Waals surface area contributed by atoms with Crippen molar-refractivity contribution in [1.29, 1.82) is 0 Å². The molecule has 2 heterocycles. The second-order valence-electron chi connectivity index (χ2n) is 11.6. The lowest BCUT2D eigenvalue weighted by Crippen LogP contribution is -2.32. The van der Waals surface area contributed by atoms with E-state index in [4.69, 9.17) is 54.3 Å². The first-order chi connectivity index (χ1) is 22.0. The van der Waals surface area contributed by atoms with Crippen LogP contribution in [0.25, 0.3) is 4.85 Å². The molecule has 2 aliphatic heterocycles. The minimum Gasteiger partial charge on any atom is -0.456 e. The maximum absolute atomic E-state index is 10.1. The summed E-state index contributed by atoms with van der Waals surface area (Å²) in [6.45, 7) is 16.5. The molecule has 0 spiro atoms. The van der Waals surface area contributed by atoms with Gasteiger partial charge in [-0.3, -0.25) is 0 Å². The van der Waals surface area contributed by atoms with E-state index in [1.54, 1.807) is 24.3 Å². The van der Waals surface area contributed by atoms with Crippen LogP contribution in [0.5, 0.6) is 23.0 Å². The van der Waals surface area contributed by atoms with Gasteiger partial charge in [0.05, 0.1) is 29.8 Å². The topological polar surface area (TPSA) is 108 Å². The van der Waals surface area contributed by atoms with Crippen molar-refractivity contribution >= 4 is 54.1 Å². The van der Waals surface area contributed by atoms with Crippen molar-refractivity contribution in [3.8, 4) is 23.0 Å². The van der Waals surface area contributed by atoms with Gasteiger partial charge in [-0.25, -0.2) is 4.85 Å². The Morgan fingerprint density at radius 2 is 1.22 bits per heavy atom. The zero-order valence-electron chi connectivity index (χ0n) is 26.0. The van der Waals surface area contributed by atoms with Crippen molar-refractivity contribution in [2.75, 3.05) is 0 Å². The van der Waals surface area contributed by atoms with Crippen molar-refractivity contribution in [1.82, 2.24) is 0 Å². The molecule has 0 bridgehead atoms. The fourth-order valence-corrected chi connectivity index (χ4v) is 6.12. The molecule has 0 amide bonds. The summed E-state index contributed by atoms with van der Waals surface area (Å²) in [7, 11) is -1.83. The molecule has 46 heavy (non-hydrogen) atoms. The van der Waals surface area contributed by atoms with Crippen molar-refractivity contribution in [3.05, 3.63) is 110 Å². The fourth-order valence-electron chi connectivity index (χ4n) is 5.66. The maximum Gasteiger partial charge on any atom is 0.492 e. The van der Waals surface area contributed by atoms with Crippen LogP contribution in [0.15, 0.2) is 60.7 Å². The molecule has 0 aliphatic carbocycles. The second-order valence-corrected chi connectivity index (χ2v) is 12.5.